The van der Waals surface area contributed by atoms with Gasteiger partial charge in [0, 0.05) is 19.4 Å². The van der Waals surface area contributed by atoms with E-state index in [-0.39, 0.29) is 11.8 Å². The highest BCUT2D eigenvalue weighted by Crippen LogP contribution is 2.19. The summed E-state index contributed by atoms with van der Waals surface area (Å²) in [6.45, 7) is 5.50. The van der Waals surface area contributed by atoms with E-state index < -0.39 is 11.6 Å². The molecule has 1 unspecified atom stereocenters. The topological polar surface area (TPSA) is 67.2 Å². The Morgan fingerprint density at radius 3 is 2.67 bits per heavy atom. The minimum absolute atomic E-state index is 0.0856. The number of aryl methyl sites for hydroxylation is 1. The highest BCUT2D eigenvalue weighted by atomic mass is 16.2. The average molecular weight is 250 g/mol. The van der Waals surface area contributed by atoms with E-state index in [9.17, 15) is 9.59 Å². The summed E-state index contributed by atoms with van der Waals surface area (Å²) in [6.07, 6.45) is 3.50. The molecule has 0 bridgehead atoms. The summed E-state index contributed by atoms with van der Waals surface area (Å²) in [5.74, 6) is 0.548. The predicted molar refractivity (Wildman–Crippen MR) is 65.4 cm³/mol. The summed E-state index contributed by atoms with van der Waals surface area (Å²) >= 11 is 0. The number of aromatic nitrogens is 2. The maximum Gasteiger partial charge on any atom is 0.248 e. The van der Waals surface area contributed by atoms with Crippen LogP contribution in [0.4, 0.5) is 0 Å². The summed E-state index contributed by atoms with van der Waals surface area (Å²) in [7, 11) is 1.87. The molecule has 0 saturated carbocycles. The van der Waals surface area contributed by atoms with Gasteiger partial charge in [0.2, 0.25) is 11.8 Å². The van der Waals surface area contributed by atoms with Gasteiger partial charge in [-0.1, -0.05) is 0 Å². The van der Waals surface area contributed by atoms with Gasteiger partial charge in [-0.3, -0.25) is 9.59 Å². The number of nitrogens with one attached hydrogen (secondary N) is 1. The van der Waals surface area contributed by atoms with Crippen LogP contribution in [0.2, 0.25) is 0 Å². The number of piperazine rings is 1. The Morgan fingerprint density at radius 1 is 1.44 bits per heavy atom. The van der Waals surface area contributed by atoms with Crippen LogP contribution in [0.1, 0.15) is 26.6 Å². The van der Waals surface area contributed by atoms with Crippen LogP contribution < -0.4 is 5.32 Å². The van der Waals surface area contributed by atoms with E-state index in [1.807, 2.05) is 17.8 Å². The third-order valence-corrected chi connectivity index (χ3v) is 3.31. The molecule has 2 amide bonds. The SMILES string of the molecule is CC1C(=O)NC(C)(C)C(=O)N1Cc1nccn1C. The van der Waals surface area contributed by atoms with E-state index >= 15 is 0 Å². The number of rotatable bonds is 2. The van der Waals surface area contributed by atoms with Crippen LogP contribution in [0.15, 0.2) is 12.4 Å². The van der Waals surface area contributed by atoms with Crippen LogP contribution in [0.5, 0.6) is 0 Å². The third-order valence-electron chi connectivity index (χ3n) is 3.31. The first kappa shape index (κ1) is 12.6. The summed E-state index contributed by atoms with van der Waals surface area (Å²) in [5.41, 5.74) is -0.852. The Balaban J connectivity index is 2.27. The molecule has 1 aromatic rings. The molecule has 1 atom stereocenters. The third kappa shape index (κ3) is 1.98. The molecule has 2 rings (SSSR count). The normalized spacial score (nSPS) is 23.1. The van der Waals surface area contributed by atoms with Gasteiger partial charge in [-0.2, -0.15) is 0 Å². The number of hydrogen-bond donors (Lipinski definition) is 1. The summed E-state index contributed by atoms with van der Waals surface area (Å²) < 4.78 is 1.85. The highest BCUT2D eigenvalue weighted by Gasteiger charge is 2.43. The predicted octanol–water partition coefficient (Wildman–Crippen LogP) is 0.0456. The largest absolute Gasteiger partial charge is 0.340 e. The fourth-order valence-electron chi connectivity index (χ4n) is 2.05. The lowest BCUT2D eigenvalue weighted by Gasteiger charge is -2.41. The van der Waals surface area contributed by atoms with Crippen molar-refractivity contribution in [3.8, 4) is 0 Å². The van der Waals surface area contributed by atoms with Crippen molar-refractivity contribution in [3.05, 3.63) is 18.2 Å². The van der Waals surface area contributed by atoms with Crippen LogP contribution in [-0.2, 0) is 23.2 Å². The Hall–Kier alpha value is -1.85. The first-order valence-electron chi connectivity index (χ1n) is 5.92. The second-order valence-corrected chi connectivity index (χ2v) is 5.18. The molecule has 0 aliphatic carbocycles. The Bertz CT molecular complexity index is 492. The van der Waals surface area contributed by atoms with Gasteiger partial charge < -0.3 is 14.8 Å². The molecule has 1 aromatic heterocycles. The zero-order valence-electron chi connectivity index (χ0n) is 11.1. The molecule has 0 spiro atoms. The highest BCUT2D eigenvalue weighted by molar-refractivity contribution is 5.98. The molecule has 0 radical (unpaired) electrons. The fourth-order valence-corrected chi connectivity index (χ4v) is 2.05. The van der Waals surface area contributed by atoms with E-state index in [4.69, 9.17) is 0 Å². The fraction of sp³-hybridized carbons (Fsp3) is 0.583. The van der Waals surface area contributed by atoms with Crippen molar-refractivity contribution in [1.82, 2.24) is 19.8 Å². The van der Waals surface area contributed by atoms with Gasteiger partial charge in [-0.05, 0) is 20.8 Å². The Morgan fingerprint density at radius 2 is 2.11 bits per heavy atom. The molecule has 1 N–H and O–H groups in total. The van der Waals surface area contributed by atoms with Gasteiger partial charge in [0.25, 0.3) is 0 Å². The lowest BCUT2D eigenvalue weighted by Crippen LogP contribution is -2.67. The van der Waals surface area contributed by atoms with Gasteiger partial charge in [-0.25, -0.2) is 4.98 Å². The van der Waals surface area contributed by atoms with Crippen LogP contribution in [0.25, 0.3) is 0 Å². The maximum atomic E-state index is 12.3. The van der Waals surface area contributed by atoms with Crippen molar-refractivity contribution in [3.63, 3.8) is 0 Å². The molecule has 1 saturated heterocycles. The lowest BCUT2D eigenvalue weighted by molar-refractivity contribution is -0.153. The van der Waals surface area contributed by atoms with Gasteiger partial charge in [0.15, 0.2) is 0 Å². The van der Waals surface area contributed by atoms with Crippen molar-refractivity contribution in [2.45, 2.75) is 38.9 Å². The smallest absolute Gasteiger partial charge is 0.248 e. The minimum atomic E-state index is -0.852. The van der Waals surface area contributed by atoms with Crippen molar-refractivity contribution in [2.75, 3.05) is 0 Å². The second kappa shape index (κ2) is 4.12. The number of nitrogens with zero attached hydrogens (tertiary/aromatic N) is 3. The van der Waals surface area contributed by atoms with Gasteiger partial charge in [0.05, 0.1) is 6.54 Å². The summed E-state index contributed by atoms with van der Waals surface area (Å²) in [6, 6.07) is -0.470. The van der Waals surface area contributed by atoms with E-state index in [1.165, 1.54) is 0 Å². The van der Waals surface area contributed by atoms with Gasteiger partial charge in [-0.15, -0.1) is 0 Å². The molecule has 0 aromatic carbocycles. The van der Waals surface area contributed by atoms with Crippen molar-refractivity contribution in [1.29, 1.82) is 0 Å². The zero-order valence-corrected chi connectivity index (χ0v) is 11.1. The number of carbonyl (C=O) groups is 2. The molecule has 1 aliphatic heterocycles. The van der Waals surface area contributed by atoms with Gasteiger partial charge in [0.1, 0.15) is 17.4 Å². The van der Waals surface area contributed by atoms with E-state index in [1.54, 1.807) is 31.9 Å². The molecule has 1 aliphatic rings. The first-order chi connectivity index (χ1) is 8.33. The quantitative estimate of drug-likeness (QED) is 0.806. The van der Waals surface area contributed by atoms with Crippen LogP contribution in [0, 0.1) is 0 Å². The van der Waals surface area contributed by atoms with Crippen LogP contribution in [0.3, 0.4) is 0 Å². The second-order valence-electron chi connectivity index (χ2n) is 5.18. The monoisotopic (exact) mass is 250 g/mol. The first-order valence-corrected chi connectivity index (χ1v) is 5.92. The number of hydrogen-bond acceptors (Lipinski definition) is 3. The summed E-state index contributed by atoms with van der Waals surface area (Å²) in [5, 5.41) is 2.72. The summed E-state index contributed by atoms with van der Waals surface area (Å²) in [4.78, 5) is 29.9. The number of carbonyl (C=O) groups excluding carboxylic acids is 2. The lowest BCUT2D eigenvalue weighted by atomic mass is 9.97. The molecule has 98 valence electrons. The van der Waals surface area contributed by atoms with E-state index in [0.29, 0.717) is 6.54 Å². The minimum Gasteiger partial charge on any atom is -0.340 e. The van der Waals surface area contributed by atoms with Crippen molar-refractivity contribution < 1.29 is 9.59 Å². The van der Waals surface area contributed by atoms with Crippen LogP contribution >= 0.6 is 0 Å². The zero-order chi connectivity index (χ0) is 13.5. The molecule has 1 fully saturated rings. The van der Waals surface area contributed by atoms with Crippen molar-refractivity contribution in [2.24, 2.45) is 7.05 Å². The number of amides is 2. The molecule has 2 heterocycles. The molecule has 18 heavy (non-hydrogen) atoms. The standard InChI is InChI=1S/C12H18N4O2/c1-8-10(17)14-12(2,3)11(18)16(8)7-9-13-5-6-15(9)4/h5-6,8H,7H2,1-4H3,(H,14,17). The van der Waals surface area contributed by atoms with Crippen molar-refractivity contribution >= 4 is 11.8 Å². The maximum absolute atomic E-state index is 12.3. The molecule has 6 nitrogen and oxygen atoms in total. The Kier molecular flexibility index (Phi) is 2.88. The van der Waals surface area contributed by atoms with E-state index in [2.05, 4.69) is 10.3 Å². The van der Waals surface area contributed by atoms with Gasteiger partial charge >= 0.3 is 0 Å². The molecular weight excluding hydrogens is 232 g/mol. The average Bonchev–Trinajstić information content (AvgIpc) is 2.67. The van der Waals surface area contributed by atoms with Crippen LogP contribution in [-0.4, -0.2) is 37.8 Å². The van der Waals surface area contributed by atoms with E-state index in [0.717, 1.165) is 5.82 Å². The molecule has 6 heteroatoms. The molecular formula is C12H18N4O2. The number of imidazole rings is 1. The Labute approximate surface area is 106 Å².